The van der Waals surface area contributed by atoms with E-state index < -0.39 is 5.76 Å². The SMILES string of the molecule is CC(C)(C)c1nc(=O)oc2cc3[nH]ccc3cc12. The van der Waals surface area contributed by atoms with Gasteiger partial charge in [0.05, 0.1) is 5.69 Å². The van der Waals surface area contributed by atoms with Gasteiger partial charge in [-0.05, 0) is 12.1 Å². The van der Waals surface area contributed by atoms with E-state index in [1.165, 1.54) is 0 Å². The van der Waals surface area contributed by atoms with Crippen LogP contribution >= 0.6 is 0 Å². The fraction of sp³-hybridized carbons (Fsp3) is 0.286. The number of rotatable bonds is 0. The Labute approximate surface area is 104 Å². The summed E-state index contributed by atoms with van der Waals surface area (Å²) < 4.78 is 5.19. The molecule has 4 nitrogen and oxygen atoms in total. The van der Waals surface area contributed by atoms with Gasteiger partial charge in [-0.1, -0.05) is 20.8 Å². The molecule has 0 aliphatic rings. The second-order valence-electron chi connectivity index (χ2n) is 5.49. The van der Waals surface area contributed by atoms with Crippen LogP contribution in [0.4, 0.5) is 0 Å². The maximum absolute atomic E-state index is 11.5. The van der Waals surface area contributed by atoms with E-state index in [9.17, 15) is 4.79 Å². The Hall–Kier alpha value is -2.10. The Morgan fingerprint density at radius 3 is 2.78 bits per heavy atom. The minimum atomic E-state index is -0.543. The molecule has 0 amide bonds. The molecule has 2 aromatic heterocycles. The van der Waals surface area contributed by atoms with Crippen LogP contribution in [0, 0.1) is 0 Å². The number of aromatic amines is 1. The van der Waals surface area contributed by atoms with Crippen molar-refractivity contribution in [1.29, 1.82) is 0 Å². The quantitative estimate of drug-likeness (QED) is 0.659. The highest BCUT2D eigenvalue weighted by atomic mass is 16.4. The first-order valence-electron chi connectivity index (χ1n) is 5.87. The molecular formula is C14H14N2O2. The van der Waals surface area contributed by atoms with Gasteiger partial charge in [0.2, 0.25) is 0 Å². The summed E-state index contributed by atoms with van der Waals surface area (Å²) in [7, 11) is 0. The smallest absolute Gasteiger partial charge is 0.408 e. The van der Waals surface area contributed by atoms with Crippen molar-refractivity contribution in [3.8, 4) is 0 Å². The lowest BCUT2D eigenvalue weighted by Gasteiger charge is -2.18. The van der Waals surface area contributed by atoms with Gasteiger partial charge >= 0.3 is 5.76 Å². The predicted octanol–water partition coefficient (Wildman–Crippen LogP) is 2.97. The molecule has 92 valence electrons. The molecule has 3 rings (SSSR count). The molecule has 0 saturated carbocycles. The Morgan fingerprint density at radius 2 is 2.06 bits per heavy atom. The van der Waals surface area contributed by atoms with Crippen molar-refractivity contribution in [2.75, 3.05) is 0 Å². The van der Waals surface area contributed by atoms with E-state index in [2.05, 4.69) is 9.97 Å². The molecule has 0 saturated heterocycles. The average molecular weight is 242 g/mol. The summed E-state index contributed by atoms with van der Waals surface area (Å²) in [5.74, 6) is -0.543. The summed E-state index contributed by atoms with van der Waals surface area (Å²) in [6.45, 7) is 6.11. The van der Waals surface area contributed by atoms with Crippen LogP contribution in [0.25, 0.3) is 21.9 Å². The molecule has 0 radical (unpaired) electrons. The van der Waals surface area contributed by atoms with Crippen LogP contribution in [0.3, 0.4) is 0 Å². The second-order valence-corrected chi connectivity index (χ2v) is 5.49. The highest BCUT2D eigenvalue weighted by molar-refractivity contribution is 5.95. The molecule has 0 aliphatic carbocycles. The maximum atomic E-state index is 11.5. The molecule has 4 heteroatoms. The number of H-pyrrole nitrogens is 1. The van der Waals surface area contributed by atoms with E-state index in [-0.39, 0.29) is 5.41 Å². The summed E-state index contributed by atoms with van der Waals surface area (Å²) in [5, 5.41) is 1.98. The van der Waals surface area contributed by atoms with E-state index in [0.29, 0.717) is 5.58 Å². The number of aromatic nitrogens is 2. The monoisotopic (exact) mass is 242 g/mol. The highest BCUT2D eigenvalue weighted by Gasteiger charge is 2.21. The molecule has 1 N–H and O–H groups in total. The van der Waals surface area contributed by atoms with Gasteiger partial charge in [-0.2, -0.15) is 4.98 Å². The van der Waals surface area contributed by atoms with Gasteiger partial charge in [0.25, 0.3) is 0 Å². The lowest BCUT2D eigenvalue weighted by molar-refractivity contribution is 0.498. The third-order valence-electron chi connectivity index (χ3n) is 3.02. The van der Waals surface area contributed by atoms with Gasteiger partial charge in [-0.3, -0.25) is 0 Å². The standard InChI is InChI=1S/C14H14N2O2/c1-14(2,3)12-9-6-8-4-5-15-10(8)7-11(9)18-13(17)16-12/h4-7,15H,1-3H3. The van der Waals surface area contributed by atoms with Gasteiger partial charge in [-0.15, -0.1) is 0 Å². The van der Waals surface area contributed by atoms with Gasteiger partial charge in [-0.25, -0.2) is 4.79 Å². The van der Waals surface area contributed by atoms with Gasteiger partial charge in [0.1, 0.15) is 5.58 Å². The molecule has 1 aromatic carbocycles. The van der Waals surface area contributed by atoms with Crippen molar-refractivity contribution in [3.63, 3.8) is 0 Å². The van der Waals surface area contributed by atoms with Gasteiger partial charge < -0.3 is 9.40 Å². The summed E-state index contributed by atoms with van der Waals surface area (Å²) in [5.41, 5.74) is 2.11. The van der Waals surface area contributed by atoms with E-state index in [4.69, 9.17) is 4.42 Å². The van der Waals surface area contributed by atoms with E-state index >= 15 is 0 Å². The minimum absolute atomic E-state index is 0.196. The molecule has 0 unspecified atom stereocenters. The molecule has 0 aliphatic heterocycles. The topological polar surface area (TPSA) is 58.9 Å². The van der Waals surface area contributed by atoms with E-state index in [1.54, 1.807) is 0 Å². The third-order valence-corrected chi connectivity index (χ3v) is 3.02. The first-order chi connectivity index (χ1) is 8.45. The molecule has 2 heterocycles. The van der Waals surface area contributed by atoms with Crippen molar-refractivity contribution in [2.45, 2.75) is 26.2 Å². The van der Waals surface area contributed by atoms with E-state index in [0.717, 1.165) is 22.0 Å². The van der Waals surface area contributed by atoms with Crippen LogP contribution < -0.4 is 5.76 Å². The molecule has 3 aromatic rings. The van der Waals surface area contributed by atoms with Crippen LogP contribution in [-0.2, 0) is 5.41 Å². The molecule has 0 bridgehead atoms. The predicted molar refractivity (Wildman–Crippen MR) is 70.8 cm³/mol. The number of nitrogens with zero attached hydrogens (tertiary/aromatic N) is 1. The zero-order valence-corrected chi connectivity index (χ0v) is 10.6. The summed E-state index contributed by atoms with van der Waals surface area (Å²) in [6.07, 6.45) is 1.87. The third kappa shape index (κ3) is 1.61. The lowest BCUT2D eigenvalue weighted by Crippen LogP contribution is -2.19. The lowest BCUT2D eigenvalue weighted by atomic mass is 9.89. The molecule has 0 spiro atoms. The Kier molecular flexibility index (Phi) is 2.11. The summed E-state index contributed by atoms with van der Waals surface area (Å²) in [6, 6.07) is 5.85. The number of hydrogen-bond acceptors (Lipinski definition) is 3. The zero-order chi connectivity index (χ0) is 12.9. The Balaban J connectivity index is 2.51. The van der Waals surface area contributed by atoms with Crippen LogP contribution in [0.1, 0.15) is 26.5 Å². The Bertz CT molecular complexity index is 791. The second kappa shape index (κ2) is 3.45. The number of hydrogen-bond donors (Lipinski definition) is 1. The van der Waals surface area contributed by atoms with Crippen molar-refractivity contribution < 1.29 is 4.42 Å². The van der Waals surface area contributed by atoms with Crippen molar-refractivity contribution in [1.82, 2.24) is 9.97 Å². The fourth-order valence-corrected chi connectivity index (χ4v) is 2.19. The molecular weight excluding hydrogens is 228 g/mol. The minimum Gasteiger partial charge on any atom is -0.408 e. The highest BCUT2D eigenvalue weighted by Crippen LogP contribution is 2.29. The van der Waals surface area contributed by atoms with Crippen molar-refractivity contribution >= 4 is 21.9 Å². The van der Waals surface area contributed by atoms with Gasteiger partial charge in [0.15, 0.2) is 0 Å². The molecule has 0 atom stereocenters. The fourth-order valence-electron chi connectivity index (χ4n) is 2.19. The van der Waals surface area contributed by atoms with Crippen molar-refractivity contribution in [2.24, 2.45) is 0 Å². The number of benzene rings is 1. The average Bonchev–Trinajstić information content (AvgIpc) is 2.70. The Morgan fingerprint density at radius 1 is 1.28 bits per heavy atom. The molecule has 18 heavy (non-hydrogen) atoms. The molecule has 0 fully saturated rings. The van der Waals surface area contributed by atoms with E-state index in [1.807, 2.05) is 45.2 Å². The zero-order valence-electron chi connectivity index (χ0n) is 10.6. The summed E-state index contributed by atoms with van der Waals surface area (Å²) in [4.78, 5) is 18.7. The number of fused-ring (bicyclic) bond motifs is 2. The normalized spacial score (nSPS) is 12.4. The number of nitrogens with one attached hydrogen (secondary N) is 1. The summed E-state index contributed by atoms with van der Waals surface area (Å²) >= 11 is 0. The first-order valence-corrected chi connectivity index (χ1v) is 5.87. The first kappa shape index (κ1) is 11.0. The van der Waals surface area contributed by atoms with Crippen LogP contribution in [-0.4, -0.2) is 9.97 Å². The largest absolute Gasteiger partial charge is 0.439 e. The maximum Gasteiger partial charge on any atom is 0.439 e. The van der Waals surface area contributed by atoms with Crippen molar-refractivity contribution in [3.05, 3.63) is 40.6 Å². The van der Waals surface area contributed by atoms with Gasteiger partial charge in [0, 0.05) is 34.0 Å². The van der Waals surface area contributed by atoms with Crippen LogP contribution in [0.15, 0.2) is 33.6 Å². The van der Waals surface area contributed by atoms with Crippen LogP contribution in [0.5, 0.6) is 0 Å². The van der Waals surface area contributed by atoms with Crippen LogP contribution in [0.2, 0.25) is 0 Å².